The molecule has 7 nitrogen and oxygen atoms in total. The fourth-order valence-corrected chi connectivity index (χ4v) is 4.95. The number of thioether (sulfide) groups is 1. The van der Waals surface area contributed by atoms with Crippen LogP contribution in [0.3, 0.4) is 0 Å². The maximum atomic E-state index is 12.9. The molecule has 3 rings (SSSR count). The van der Waals surface area contributed by atoms with E-state index >= 15 is 0 Å². The zero-order valence-corrected chi connectivity index (χ0v) is 18.8. The molecule has 0 bridgehead atoms. The third-order valence-corrected chi connectivity index (χ3v) is 6.74. The average molecular weight is 432 g/mol. The van der Waals surface area contributed by atoms with Crippen LogP contribution in [0.2, 0.25) is 0 Å². The first-order valence-corrected chi connectivity index (χ1v) is 10.8. The van der Waals surface area contributed by atoms with Crippen molar-refractivity contribution in [2.75, 3.05) is 44.7 Å². The Morgan fingerprint density at radius 3 is 2.45 bits per heavy atom. The Labute approximate surface area is 180 Å². The van der Waals surface area contributed by atoms with Gasteiger partial charge < -0.3 is 9.80 Å². The first-order chi connectivity index (χ1) is 13.8. The Morgan fingerprint density at radius 2 is 1.86 bits per heavy atom. The summed E-state index contributed by atoms with van der Waals surface area (Å²) >= 11 is 6.66. The second kappa shape index (κ2) is 8.69. The van der Waals surface area contributed by atoms with Gasteiger partial charge in [-0.05, 0) is 32.0 Å². The van der Waals surface area contributed by atoms with E-state index in [1.54, 1.807) is 24.9 Å². The maximum absolute atomic E-state index is 12.9. The standard InChI is InChI=1S/C20H25N5O2S2/c1-5-6-25-19(27)16(29-20(25)28)11-14-13(2)15(12-21)18(26)23(4)17(14)24-9-7-22(3)8-10-24/h11H,5-10H2,1-4H3. The lowest BCUT2D eigenvalue weighted by atomic mass is 10.0. The van der Waals surface area contributed by atoms with Gasteiger partial charge in [-0.25, -0.2) is 0 Å². The molecule has 0 aromatic carbocycles. The summed E-state index contributed by atoms with van der Waals surface area (Å²) in [7, 11) is 3.76. The minimum absolute atomic E-state index is 0.112. The summed E-state index contributed by atoms with van der Waals surface area (Å²) in [6, 6.07) is 2.04. The Hall–Kier alpha value is -2.15. The van der Waals surface area contributed by atoms with Crippen LogP contribution in [0.4, 0.5) is 5.82 Å². The Bertz CT molecular complexity index is 984. The zero-order chi connectivity index (χ0) is 21.3. The summed E-state index contributed by atoms with van der Waals surface area (Å²) in [6.45, 7) is 7.67. The number of pyridine rings is 1. The summed E-state index contributed by atoms with van der Waals surface area (Å²) < 4.78 is 2.09. The van der Waals surface area contributed by atoms with Crippen LogP contribution in [0.1, 0.15) is 30.0 Å². The van der Waals surface area contributed by atoms with E-state index in [-0.39, 0.29) is 17.0 Å². The average Bonchev–Trinajstić information content (AvgIpc) is 2.95. The molecule has 0 saturated carbocycles. The smallest absolute Gasteiger partial charge is 0.270 e. The molecule has 0 spiro atoms. The molecular formula is C20H25N5O2S2. The van der Waals surface area contributed by atoms with Gasteiger partial charge in [0.25, 0.3) is 11.5 Å². The van der Waals surface area contributed by atoms with Gasteiger partial charge in [0.1, 0.15) is 21.8 Å². The predicted molar refractivity (Wildman–Crippen MR) is 121 cm³/mol. The second-order valence-corrected chi connectivity index (χ2v) is 9.01. The van der Waals surface area contributed by atoms with E-state index in [2.05, 4.69) is 16.8 Å². The number of aromatic nitrogens is 1. The number of carbonyl (C=O) groups excluding carboxylic acids is 1. The quantitative estimate of drug-likeness (QED) is 0.533. The van der Waals surface area contributed by atoms with Crippen LogP contribution in [0.25, 0.3) is 6.08 Å². The number of carbonyl (C=O) groups is 1. The van der Waals surface area contributed by atoms with Gasteiger partial charge >= 0.3 is 0 Å². The number of rotatable bonds is 4. The van der Waals surface area contributed by atoms with E-state index < -0.39 is 0 Å². The number of thiocarbonyl (C=S) groups is 1. The summed E-state index contributed by atoms with van der Waals surface area (Å²) in [5.41, 5.74) is 1.14. The molecule has 2 fully saturated rings. The number of nitrogens with zero attached hydrogens (tertiary/aromatic N) is 5. The number of likely N-dealkylation sites (N-methyl/N-ethyl adjacent to an activating group) is 1. The largest absolute Gasteiger partial charge is 0.355 e. The molecular weight excluding hydrogens is 406 g/mol. The van der Waals surface area contributed by atoms with Crippen LogP contribution in [0, 0.1) is 18.3 Å². The number of nitriles is 1. The van der Waals surface area contributed by atoms with Gasteiger partial charge in [-0.1, -0.05) is 30.9 Å². The number of piperazine rings is 1. The molecule has 9 heteroatoms. The van der Waals surface area contributed by atoms with E-state index in [1.165, 1.54) is 16.3 Å². The van der Waals surface area contributed by atoms with Crippen LogP contribution in [-0.4, -0.2) is 64.4 Å². The van der Waals surface area contributed by atoms with Crippen molar-refractivity contribution in [2.45, 2.75) is 20.3 Å². The first-order valence-electron chi connectivity index (χ1n) is 9.62. The molecule has 0 N–H and O–H groups in total. The highest BCUT2D eigenvalue weighted by Crippen LogP contribution is 2.35. The molecule has 29 heavy (non-hydrogen) atoms. The number of hydrogen-bond donors (Lipinski definition) is 0. The van der Waals surface area contributed by atoms with Crippen molar-refractivity contribution >= 4 is 46.1 Å². The summed E-state index contributed by atoms with van der Waals surface area (Å²) in [4.78, 5) is 32.2. The van der Waals surface area contributed by atoms with Crippen molar-refractivity contribution in [1.29, 1.82) is 5.26 Å². The minimum Gasteiger partial charge on any atom is -0.355 e. The van der Waals surface area contributed by atoms with Gasteiger partial charge in [-0.2, -0.15) is 5.26 Å². The van der Waals surface area contributed by atoms with Crippen molar-refractivity contribution in [3.05, 3.63) is 31.9 Å². The highest BCUT2D eigenvalue weighted by molar-refractivity contribution is 8.26. The molecule has 0 aliphatic carbocycles. The van der Waals surface area contributed by atoms with Crippen LogP contribution >= 0.6 is 24.0 Å². The minimum atomic E-state index is -0.311. The predicted octanol–water partition coefficient (Wildman–Crippen LogP) is 1.93. The van der Waals surface area contributed by atoms with Crippen LogP contribution < -0.4 is 10.5 Å². The monoisotopic (exact) mass is 431 g/mol. The number of hydrogen-bond acceptors (Lipinski definition) is 7. The highest BCUT2D eigenvalue weighted by atomic mass is 32.2. The van der Waals surface area contributed by atoms with Crippen LogP contribution in [0.15, 0.2) is 9.70 Å². The molecule has 2 saturated heterocycles. The summed E-state index contributed by atoms with van der Waals surface area (Å²) in [6.07, 6.45) is 2.63. The molecule has 2 aliphatic heterocycles. The zero-order valence-electron chi connectivity index (χ0n) is 17.2. The second-order valence-electron chi connectivity index (χ2n) is 7.34. The van der Waals surface area contributed by atoms with Gasteiger partial charge in [0.15, 0.2) is 0 Å². The molecule has 0 unspecified atom stereocenters. The highest BCUT2D eigenvalue weighted by Gasteiger charge is 2.32. The van der Waals surface area contributed by atoms with Crippen molar-refractivity contribution < 1.29 is 4.79 Å². The Morgan fingerprint density at radius 1 is 1.21 bits per heavy atom. The van der Waals surface area contributed by atoms with E-state index in [4.69, 9.17) is 12.2 Å². The number of amides is 1. The molecule has 3 heterocycles. The van der Waals surface area contributed by atoms with Crippen LogP contribution in [-0.2, 0) is 11.8 Å². The lowest BCUT2D eigenvalue weighted by Gasteiger charge is -2.36. The Kier molecular flexibility index (Phi) is 6.46. The fourth-order valence-electron chi connectivity index (χ4n) is 3.66. The lowest BCUT2D eigenvalue weighted by Crippen LogP contribution is -2.46. The van der Waals surface area contributed by atoms with Crippen molar-refractivity contribution in [1.82, 2.24) is 14.4 Å². The molecule has 1 aromatic heterocycles. The Balaban J connectivity index is 2.16. The van der Waals surface area contributed by atoms with E-state index in [0.717, 1.165) is 44.0 Å². The van der Waals surface area contributed by atoms with E-state index in [9.17, 15) is 14.9 Å². The summed E-state index contributed by atoms with van der Waals surface area (Å²) in [5.74, 6) is 0.637. The van der Waals surface area contributed by atoms with Gasteiger partial charge in [-0.15, -0.1) is 0 Å². The third kappa shape index (κ3) is 3.97. The van der Waals surface area contributed by atoms with Crippen molar-refractivity contribution in [3.63, 3.8) is 0 Å². The fraction of sp³-hybridized carbons (Fsp3) is 0.500. The molecule has 1 amide bonds. The number of anilines is 1. The third-order valence-electron chi connectivity index (χ3n) is 5.37. The van der Waals surface area contributed by atoms with E-state index in [0.29, 0.717) is 21.3 Å². The van der Waals surface area contributed by atoms with Crippen molar-refractivity contribution in [3.8, 4) is 6.07 Å². The SMILES string of the molecule is CCCN1C(=O)C(=Cc2c(C)c(C#N)c(=O)n(C)c2N2CCN(C)CC2)SC1=S. The summed E-state index contributed by atoms with van der Waals surface area (Å²) in [5, 5.41) is 9.55. The normalized spacial score (nSPS) is 19.3. The maximum Gasteiger partial charge on any atom is 0.270 e. The molecule has 154 valence electrons. The topological polar surface area (TPSA) is 72.6 Å². The molecule has 1 aromatic rings. The van der Waals surface area contributed by atoms with Gasteiger partial charge in [0, 0.05) is 45.3 Å². The van der Waals surface area contributed by atoms with Gasteiger partial charge in [0.2, 0.25) is 0 Å². The molecule has 0 atom stereocenters. The molecule has 2 aliphatic rings. The van der Waals surface area contributed by atoms with Gasteiger partial charge in [-0.3, -0.25) is 19.1 Å². The van der Waals surface area contributed by atoms with Crippen LogP contribution in [0.5, 0.6) is 0 Å². The van der Waals surface area contributed by atoms with Crippen molar-refractivity contribution in [2.24, 2.45) is 7.05 Å². The first kappa shape index (κ1) is 21.6. The molecule has 0 radical (unpaired) electrons. The van der Waals surface area contributed by atoms with E-state index in [1.807, 2.05) is 13.0 Å². The lowest BCUT2D eigenvalue weighted by molar-refractivity contribution is -0.122. The van der Waals surface area contributed by atoms with Gasteiger partial charge in [0.05, 0.1) is 4.91 Å².